The number of carbonyl (C=O) groups excluding carboxylic acids is 3. The smallest absolute Gasteiger partial charge is 0.472 e. The van der Waals surface area contributed by atoms with Crippen LogP contribution in [0.1, 0.15) is 213 Å². The van der Waals surface area contributed by atoms with Crippen LogP contribution in [-0.4, -0.2) is 65.7 Å². The van der Waals surface area contributed by atoms with E-state index in [4.69, 9.17) is 24.8 Å². The Balaban J connectivity index is 4.36. The third kappa shape index (κ3) is 44.1. The summed E-state index contributed by atoms with van der Waals surface area (Å²) in [6.45, 7) is 2.60. The van der Waals surface area contributed by atoms with Crippen molar-refractivity contribution in [1.29, 1.82) is 0 Å². The van der Waals surface area contributed by atoms with Gasteiger partial charge in [0.2, 0.25) is 0 Å². The number of nitrogens with two attached hydrogens (primary N) is 1. The molecule has 0 heterocycles. The van der Waals surface area contributed by atoms with Crippen LogP contribution in [0.4, 0.5) is 0 Å². The molecule has 63 heavy (non-hydrogen) atoms. The molecule has 3 atom stereocenters. The first-order valence-corrected chi connectivity index (χ1v) is 26.1. The minimum absolute atomic E-state index is 0.120. The normalized spacial score (nSPS) is 13.9. The van der Waals surface area contributed by atoms with Gasteiger partial charge in [0, 0.05) is 19.3 Å². The maximum Gasteiger partial charge on any atom is 0.472 e. The number of aliphatic carboxylic acids is 1. The van der Waals surface area contributed by atoms with Crippen molar-refractivity contribution in [2.75, 3.05) is 19.8 Å². The minimum Gasteiger partial charge on any atom is -0.480 e. The maximum absolute atomic E-state index is 12.7. The van der Waals surface area contributed by atoms with Gasteiger partial charge in [-0.1, -0.05) is 198 Å². The molecule has 1 unspecified atom stereocenters. The van der Waals surface area contributed by atoms with Gasteiger partial charge in [0.1, 0.15) is 12.6 Å². The molecule has 0 radical (unpaired) electrons. The Morgan fingerprint density at radius 3 is 1.52 bits per heavy atom. The second kappa shape index (κ2) is 44.3. The SMILES string of the molecule is CCCCCCCCCCCCCCCCCCCCCCCC(=O)O[C@H](COC(=O)CCC/C=C\C/C=C\C/C=C\C=C\C(=O)CCCCC)COP(=O)(O)OC[C@H](N)C(=O)O. The first-order valence-electron chi connectivity index (χ1n) is 24.6. The predicted octanol–water partition coefficient (Wildman–Crippen LogP) is 12.9. The number of rotatable bonds is 46. The molecule has 0 spiro atoms. The largest absolute Gasteiger partial charge is 0.480 e. The van der Waals surface area contributed by atoms with Gasteiger partial charge >= 0.3 is 25.7 Å². The first-order chi connectivity index (χ1) is 30.5. The average molecular weight is 910 g/mol. The number of ether oxygens (including phenoxy) is 2. The van der Waals surface area contributed by atoms with Gasteiger partial charge in [-0.05, 0) is 44.6 Å². The Hall–Kier alpha value is -2.89. The summed E-state index contributed by atoms with van der Waals surface area (Å²) in [5.74, 6) is -2.33. The fraction of sp³-hybridized carbons (Fsp3) is 0.760. The fourth-order valence-corrected chi connectivity index (χ4v) is 7.44. The summed E-state index contributed by atoms with van der Waals surface area (Å²) in [6, 6.07) is -1.54. The Kier molecular flexibility index (Phi) is 42.3. The lowest BCUT2D eigenvalue weighted by Gasteiger charge is -2.20. The summed E-state index contributed by atoms with van der Waals surface area (Å²) in [5, 5.41) is 8.91. The summed E-state index contributed by atoms with van der Waals surface area (Å²) >= 11 is 0. The van der Waals surface area contributed by atoms with Crippen molar-refractivity contribution >= 4 is 31.5 Å². The van der Waals surface area contributed by atoms with Crippen LogP contribution in [0.5, 0.6) is 0 Å². The van der Waals surface area contributed by atoms with Gasteiger partial charge in [-0.3, -0.25) is 28.2 Å². The lowest BCUT2D eigenvalue weighted by Crippen LogP contribution is -2.34. The second-order valence-corrected chi connectivity index (χ2v) is 18.1. The van der Waals surface area contributed by atoms with Crippen LogP contribution in [0.3, 0.4) is 0 Å². The van der Waals surface area contributed by atoms with Crippen molar-refractivity contribution in [3.8, 4) is 0 Å². The van der Waals surface area contributed by atoms with Crippen LogP contribution >= 0.6 is 7.82 Å². The Labute approximate surface area is 381 Å². The lowest BCUT2D eigenvalue weighted by atomic mass is 10.0. The third-order valence-corrected chi connectivity index (χ3v) is 11.5. The molecule has 0 aromatic rings. The Morgan fingerprint density at radius 2 is 0.984 bits per heavy atom. The maximum atomic E-state index is 12.7. The van der Waals surface area contributed by atoms with E-state index in [1.165, 1.54) is 109 Å². The summed E-state index contributed by atoms with van der Waals surface area (Å²) in [6.07, 6.45) is 47.4. The van der Waals surface area contributed by atoms with Crippen molar-refractivity contribution in [2.24, 2.45) is 5.73 Å². The Morgan fingerprint density at radius 1 is 0.540 bits per heavy atom. The number of allylic oxidation sites excluding steroid dienone is 8. The highest BCUT2D eigenvalue weighted by molar-refractivity contribution is 7.47. The van der Waals surface area contributed by atoms with E-state index < -0.39 is 57.7 Å². The van der Waals surface area contributed by atoms with Gasteiger partial charge in [0.05, 0.1) is 13.2 Å². The second-order valence-electron chi connectivity index (χ2n) is 16.6. The molecule has 0 aromatic heterocycles. The molecule has 0 amide bonds. The van der Waals surface area contributed by atoms with Gasteiger partial charge in [-0.2, -0.15) is 0 Å². The van der Waals surface area contributed by atoms with Crippen molar-refractivity contribution in [3.63, 3.8) is 0 Å². The van der Waals surface area contributed by atoms with E-state index in [9.17, 15) is 28.6 Å². The van der Waals surface area contributed by atoms with E-state index in [0.29, 0.717) is 25.7 Å². The number of hydrogen-bond acceptors (Lipinski definition) is 10. The van der Waals surface area contributed by atoms with E-state index >= 15 is 0 Å². The molecule has 0 fully saturated rings. The van der Waals surface area contributed by atoms with Crippen LogP contribution in [-0.2, 0) is 42.3 Å². The summed E-state index contributed by atoms with van der Waals surface area (Å²) in [5.41, 5.74) is 5.34. The number of esters is 2. The topological polar surface area (TPSA) is 189 Å². The Bertz CT molecular complexity index is 1310. The van der Waals surface area contributed by atoms with Crippen molar-refractivity contribution in [3.05, 3.63) is 48.6 Å². The van der Waals surface area contributed by atoms with Crippen LogP contribution in [0.2, 0.25) is 0 Å². The molecule has 364 valence electrons. The third-order valence-electron chi connectivity index (χ3n) is 10.6. The number of carbonyl (C=O) groups is 4. The van der Waals surface area contributed by atoms with Gasteiger partial charge in [0.15, 0.2) is 11.9 Å². The summed E-state index contributed by atoms with van der Waals surface area (Å²) in [7, 11) is -4.75. The van der Waals surface area contributed by atoms with E-state index in [2.05, 4.69) is 18.4 Å². The highest BCUT2D eigenvalue weighted by atomic mass is 31.2. The lowest BCUT2D eigenvalue weighted by molar-refractivity contribution is -0.161. The van der Waals surface area contributed by atoms with Crippen molar-refractivity contribution in [1.82, 2.24) is 0 Å². The van der Waals surface area contributed by atoms with Crippen molar-refractivity contribution in [2.45, 2.75) is 225 Å². The summed E-state index contributed by atoms with van der Waals surface area (Å²) in [4.78, 5) is 57.8. The standard InChI is InChI=1S/C50H88NO11P/c1-3-5-7-8-9-10-11-12-13-14-15-16-17-18-19-20-23-27-30-33-37-41-49(54)62-46(43-60-63(57,58)61-44-47(51)50(55)56)42-59-48(53)40-36-32-29-26-24-21-22-25-28-31-35-39-45(52)38-34-6-4-2/h21-22,26,28-29,31,35,39,46-47H,3-20,23-25,27,30,32-34,36-38,40-44,51H2,1-2H3,(H,55,56)(H,57,58)/b22-21-,29-26-,31-28-,39-35+/t46-,47+/m1/s1. The quantitative estimate of drug-likeness (QED) is 0.0131. The number of unbranched alkanes of at least 4 members (excludes halogenated alkanes) is 23. The molecule has 0 aromatic carbocycles. The number of phosphoric ester groups is 1. The van der Waals surface area contributed by atoms with Crippen LogP contribution in [0, 0.1) is 0 Å². The zero-order valence-electron chi connectivity index (χ0n) is 39.4. The monoisotopic (exact) mass is 910 g/mol. The molecule has 13 heteroatoms. The molecule has 0 aliphatic rings. The minimum atomic E-state index is -4.75. The number of hydrogen-bond donors (Lipinski definition) is 3. The van der Waals surface area contributed by atoms with E-state index in [1.54, 1.807) is 12.2 Å². The van der Waals surface area contributed by atoms with Gasteiger partial charge in [0.25, 0.3) is 0 Å². The molecule has 0 aliphatic carbocycles. The molecule has 0 rings (SSSR count). The highest BCUT2D eigenvalue weighted by Gasteiger charge is 2.28. The van der Waals surface area contributed by atoms with E-state index in [0.717, 1.165) is 51.4 Å². The number of phosphoric acid groups is 1. The number of carboxylic acids is 1. The van der Waals surface area contributed by atoms with Gasteiger partial charge < -0.3 is 25.2 Å². The number of carboxylic acid groups (broad SMARTS) is 1. The highest BCUT2D eigenvalue weighted by Crippen LogP contribution is 2.43. The van der Waals surface area contributed by atoms with Crippen molar-refractivity contribution < 1.29 is 52.3 Å². The molecule has 0 bridgehead atoms. The molecule has 4 N–H and O–H groups in total. The molecule has 0 saturated heterocycles. The molecule has 12 nitrogen and oxygen atoms in total. The average Bonchev–Trinajstić information content (AvgIpc) is 3.25. The molecular weight excluding hydrogens is 822 g/mol. The van der Waals surface area contributed by atoms with Crippen LogP contribution < -0.4 is 5.73 Å². The summed E-state index contributed by atoms with van der Waals surface area (Å²) < 4.78 is 32.7. The number of ketones is 1. The van der Waals surface area contributed by atoms with Crippen LogP contribution in [0.15, 0.2) is 48.6 Å². The fourth-order valence-electron chi connectivity index (χ4n) is 6.66. The van der Waals surface area contributed by atoms with Gasteiger partial charge in [-0.15, -0.1) is 0 Å². The molecular formula is C50H88NO11P. The molecule has 0 saturated carbocycles. The van der Waals surface area contributed by atoms with E-state index in [-0.39, 0.29) is 18.6 Å². The van der Waals surface area contributed by atoms with Crippen LogP contribution in [0.25, 0.3) is 0 Å². The first kappa shape index (κ1) is 60.1. The van der Waals surface area contributed by atoms with Gasteiger partial charge in [-0.25, -0.2) is 4.57 Å². The zero-order valence-corrected chi connectivity index (χ0v) is 40.3. The van der Waals surface area contributed by atoms with E-state index in [1.807, 2.05) is 36.5 Å². The zero-order chi connectivity index (χ0) is 46.5. The molecule has 0 aliphatic heterocycles. The predicted molar refractivity (Wildman–Crippen MR) is 254 cm³/mol.